The summed E-state index contributed by atoms with van der Waals surface area (Å²) in [5, 5.41) is 6.31. The fourth-order valence-corrected chi connectivity index (χ4v) is 4.04. The molecule has 1 fully saturated rings. The summed E-state index contributed by atoms with van der Waals surface area (Å²) >= 11 is 1.47. The Kier molecular flexibility index (Phi) is 4.20. The summed E-state index contributed by atoms with van der Waals surface area (Å²) in [6.45, 7) is 1.36. The zero-order valence-electron chi connectivity index (χ0n) is 14.6. The number of carbonyl (C=O) groups is 2. The molecule has 1 saturated heterocycles. The van der Waals surface area contributed by atoms with Gasteiger partial charge in [-0.2, -0.15) is 5.10 Å². The van der Waals surface area contributed by atoms with Crippen LogP contribution in [0.2, 0.25) is 0 Å². The smallest absolute Gasteiger partial charge is 0.263 e. The van der Waals surface area contributed by atoms with Crippen molar-refractivity contribution in [3.05, 3.63) is 52.1 Å². The van der Waals surface area contributed by atoms with Crippen LogP contribution in [0.4, 0.5) is 0 Å². The third-order valence-corrected chi connectivity index (χ3v) is 5.55. The number of hydrogen-bond acceptors (Lipinski definition) is 5. The molecule has 0 bridgehead atoms. The number of aromatic nitrogens is 3. The van der Waals surface area contributed by atoms with E-state index in [-0.39, 0.29) is 17.7 Å². The minimum absolute atomic E-state index is 0.0803. The molecule has 1 atom stereocenters. The molecular weight excluding hydrogens is 350 g/mol. The lowest BCUT2D eigenvalue weighted by Gasteiger charge is -2.16. The van der Waals surface area contributed by atoms with Crippen LogP contribution in [0.15, 0.2) is 36.0 Å². The Labute approximate surface area is 154 Å². The Morgan fingerprint density at radius 1 is 1.31 bits per heavy atom. The molecule has 1 aliphatic rings. The Morgan fingerprint density at radius 2 is 2.15 bits per heavy atom. The lowest BCUT2D eigenvalue weighted by Crippen LogP contribution is -2.28. The van der Waals surface area contributed by atoms with Crippen LogP contribution >= 0.6 is 11.3 Å². The second-order valence-electron chi connectivity index (χ2n) is 6.58. The van der Waals surface area contributed by atoms with Crippen LogP contribution in [0.1, 0.15) is 38.1 Å². The molecule has 2 amide bonds. The predicted octanol–water partition coefficient (Wildman–Crippen LogP) is 2.12. The van der Waals surface area contributed by atoms with E-state index in [2.05, 4.69) is 10.1 Å². The summed E-state index contributed by atoms with van der Waals surface area (Å²) in [4.78, 5) is 33.4. The highest BCUT2D eigenvalue weighted by Gasteiger charge is 2.30. The maximum Gasteiger partial charge on any atom is 0.263 e. The van der Waals surface area contributed by atoms with Gasteiger partial charge in [-0.3, -0.25) is 9.59 Å². The van der Waals surface area contributed by atoms with Gasteiger partial charge in [-0.05, 0) is 23.9 Å². The molecule has 1 aliphatic heterocycles. The van der Waals surface area contributed by atoms with Gasteiger partial charge in [0.05, 0.1) is 16.8 Å². The number of carbonyl (C=O) groups excluding carboxylic acids is 2. The van der Waals surface area contributed by atoms with Crippen molar-refractivity contribution in [2.45, 2.75) is 12.3 Å². The number of fused-ring (bicyclic) bond motifs is 1. The van der Waals surface area contributed by atoms with Crippen molar-refractivity contribution in [3.63, 3.8) is 0 Å². The zero-order chi connectivity index (χ0) is 18.3. The molecular formula is C18H19N5O2S. The minimum atomic E-state index is -0.120. The fraction of sp³-hybridized carbons (Fsp3) is 0.333. The first-order valence-electron chi connectivity index (χ1n) is 8.43. The average Bonchev–Trinajstić information content (AvgIpc) is 3.40. The number of amides is 2. The molecule has 4 rings (SSSR count). The SMILES string of the molecule is CN(C)C(=O)c1cnn2c(C3CCN(C(=O)c4cccs4)C3)ccnc12. The molecule has 0 N–H and O–H groups in total. The normalized spacial score (nSPS) is 17.0. The molecule has 26 heavy (non-hydrogen) atoms. The molecule has 7 nitrogen and oxygen atoms in total. The van der Waals surface area contributed by atoms with Crippen molar-refractivity contribution in [1.29, 1.82) is 0 Å². The number of thiophene rings is 1. The Hall–Kier alpha value is -2.74. The highest BCUT2D eigenvalue weighted by Crippen LogP contribution is 2.29. The molecule has 0 saturated carbocycles. The fourth-order valence-electron chi connectivity index (χ4n) is 3.35. The Bertz CT molecular complexity index is 963. The van der Waals surface area contributed by atoms with E-state index < -0.39 is 0 Å². The molecule has 0 aromatic carbocycles. The van der Waals surface area contributed by atoms with Crippen molar-refractivity contribution in [2.24, 2.45) is 0 Å². The monoisotopic (exact) mass is 369 g/mol. The van der Waals surface area contributed by atoms with Gasteiger partial charge in [-0.25, -0.2) is 9.50 Å². The van der Waals surface area contributed by atoms with Gasteiger partial charge in [0.2, 0.25) is 0 Å². The van der Waals surface area contributed by atoms with E-state index in [9.17, 15) is 9.59 Å². The van der Waals surface area contributed by atoms with Gasteiger partial charge in [0.1, 0.15) is 5.56 Å². The van der Waals surface area contributed by atoms with Gasteiger partial charge in [-0.1, -0.05) is 6.07 Å². The summed E-state index contributed by atoms with van der Waals surface area (Å²) in [7, 11) is 3.42. The number of nitrogens with zero attached hydrogens (tertiary/aromatic N) is 5. The molecule has 0 spiro atoms. The topological polar surface area (TPSA) is 70.8 Å². The van der Waals surface area contributed by atoms with Crippen LogP contribution in [0, 0.1) is 0 Å². The highest BCUT2D eigenvalue weighted by molar-refractivity contribution is 7.12. The predicted molar refractivity (Wildman–Crippen MR) is 98.6 cm³/mol. The maximum atomic E-state index is 12.6. The molecule has 0 radical (unpaired) electrons. The third kappa shape index (κ3) is 2.76. The molecule has 134 valence electrons. The average molecular weight is 369 g/mol. The summed E-state index contributed by atoms with van der Waals surface area (Å²) in [6, 6.07) is 5.68. The first-order chi connectivity index (χ1) is 12.6. The Balaban J connectivity index is 1.62. The van der Waals surface area contributed by atoms with Crippen LogP contribution in [0.5, 0.6) is 0 Å². The largest absolute Gasteiger partial charge is 0.345 e. The van der Waals surface area contributed by atoms with Crippen LogP contribution in [-0.4, -0.2) is 63.4 Å². The molecule has 0 aliphatic carbocycles. The molecule has 8 heteroatoms. The van der Waals surface area contributed by atoms with E-state index in [0.29, 0.717) is 17.8 Å². The van der Waals surface area contributed by atoms with Gasteiger partial charge in [0, 0.05) is 39.3 Å². The number of hydrogen-bond donors (Lipinski definition) is 0. The summed E-state index contributed by atoms with van der Waals surface area (Å²) < 4.78 is 1.74. The van der Waals surface area contributed by atoms with Crippen molar-refractivity contribution in [2.75, 3.05) is 27.2 Å². The molecule has 1 unspecified atom stereocenters. The zero-order valence-corrected chi connectivity index (χ0v) is 15.4. The number of likely N-dealkylation sites (tertiary alicyclic amines) is 1. The summed E-state index contributed by atoms with van der Waals surface area (Å²) in [5.41, 5.74) is 2.03. The van der Waals surface area contributed by atoms with Crippen molar-refractivity contribution >= 4 is 28.8 Å². The van der Waals surface area contributed by atoms with Crippen molar-refractivity contribution < 1.29 is 9.59 Å². The second kappa shape index (κ2) is 6.53. The van der Waals surface area contributed by atoms with E-state index in [1.807, 2.05) is 28.5 Å². The number of rotatable bonds is 3. The first-order valence-corrected chi connectivity index (χ1v) is 9.31. The minimum Gasteiger partial charge on any atom is -0.345 e. The quantitative estimate of drug-likeness (QED) is 0.709. The first kappa shape index (κ1) is 16.7. The van der Waals surface area contributed by atoms with Gasteiger partial charge in [0.15, 0.2) is 5.65 Å². The van der Waals surface area contributed by atoms with Crippen LogP contribution in [0.25, 0.3) is 5.65 Å². The maximum absolute atomic E-state index is 12.6. The van der Waals surface area contributed by atoms with Gasteiger partial charge in [0.25, 0.3) is 11.8 Å². The standard InChI is InChI=1S/C18H19N5O2S/c1-21(2)17(24)13-10-20-23-14(5-7-19-16(13)23)12-6-8-22(11-12)18(25)15-4-3-9-26-15/h3-5,7,9-10,12H,6,8,11H2,1-2H3. The highest BCUT2D eigenvalue weighted by atomic mass is 32.1. The summed E-state index contributed by atoms with van der Waals surface area (Å²) in [5.74, 6) is 0.133. The lowest BCUT2D eigenvalue weighted by molar-refractivity contribution is 0.0794. The van der Waals surface area contributed by atoms with Gasteiger partial charge < -0.3 is 9.80 Å². The van der Waals surface area contributed by atoms with Crippen molar-refractivity contribution in [3.8, 4) is 0 Å². The van der Waals surface area contributed by atoms with Gasteiger partial charge in [-0.15, -0.1) is 11.3 Å². The van der Waals surface area contributed by atoms with E-state index in [1.54, 1.807) is 31.0 Å². The molecule has 3 aromatic rings. The van der Waals surface area contributed by atoms with E-state index in [4.69, 9.17) is 0 Å². The van der Waals surface area contributed by atoms with E-state index >= 15 is 0 Å². The third-order valence-electron chi connectivity index (χ3n) is 4.69. The van der Waals surface area contributed by atoms with E-state index in [1.165, 1.54) is 16.2 Å². The van der Waals surface area contributed by atoms with Crippen LogP contribution in [0.3, 0.4) is 0 Å². The molecule has 3 aromatic heterocycles. The second-order valence-corrected chi connectivity index (χ2v) is 7.52. The van der Waals surface area contributed by atoms with Crippen LogP contribution in [-0.2, 0) is 0 Å². The lowest BCUT2D eigenvalue weighted by atomic mass is 10.0. The van der Waals surface area contributed by atoms with Crippen LogP contribution < -0.4 is 0 Å². The Morgan fingerprint density at radius 3 is 2.88 bits per heavy atom. The molecule has 4 heterocycles. The van der Waals surface area contributed by atoms with Gasteiger partial charge >= 0.3 is 0 Å². The summed E-state index contributed by atoms with van der Waals surface area (Å²) in [6.07, 6.45) is 4.15. The van der Waals surface area contributed by atoms with Crippen molar-refractivity contribution in [1.82, 2.24) is 24.4 Å². The van der Waals surface area contributed by atoms with E-state index in [0.717, 1.165) is 23.5 Å².